The summed E-state index contributed by atoms with van der Waals surface area (Å²) in [5, 5.41) is 1.13. The van der Waals surface area contributed by atoms with E-state index in [9.17, 15) is 14.4 Å². The highest BCUT2D eigenvalue weighted by atomic mass is 16.6. The molecule has 0 radical (unpaired) electrons. The van der Waals surface area contributed by atoms with Gasteiger partial charge in [-0.05, 0) is 56.5 Å². The van der Waals surface area contributed by atoms with Crippen molar-refractivity contribution in [2.24, 2.45) is 0 Å². The molecular formula is C30H35N3O4. The largest absolute Gasteiger partial charge is 0.456 e. The van der Waals surface area contributed by atoms with Gasteiger partial charge in [0, 0.05) is 36.1 Å². The number of hydrogen-bond donors (Lipinski definition) is 0. The molecule has 2 aliphatic heterocycles. The number of ether oxygens (including phenoxy) is 1. The average molecular weight is 502 g/mol. The first kappa shape index (κ1) is 25.1. The average Bonchev–Trinajstić information content (AvgIpc) is 3.16. The lowest BCUT2D eigenvalue weighted by Gasteiger charge is -2.43. The van der Waals surface area contributed by atoms with Crippen molar-refractivity contribution < 1.29 is 19.1 Å². The Morgan fingerprint density at radius 2 is 1.76 bits per heavy atom. The number of hydrogen-bond acceptors (Lipinski definition) is 4. The Kier molecular flexibility index (Phi) is 6.56. The van der Waals surface area contributed by atoms with Crippen LogP contribution in [-0.2, 0) is 33.8 Å². The molecular weight excluding hydrogens is 466 g/mol. The van der Waals surface area contributed by atoms with Crippen LogP contribution >= 0.6 is 0 Å². The van der Waals surface area contributed by atoms with Gasteiger partial charge in [0.05, 0.1) is 18.7 Å². The first-order valence-corrected chi connectivity index (χ1v) is 13.2. The molecule has 0 aliphatic carbocycles. The number of piperazine rings is 1. The molecule has 1 unspecified atom stereocenters. The predicted molar refractivity (Wildman–Crippen MR) is 142 cm³/mol. The first-order valence-electron chi connectivity index (χ1n) is 13.2. The van der Waals surface area contributed by atoms with Crippen molar-refractivity contribution in [1.82, 2.24) is 14.4 Å². The normalized spacial score (nSPS) is 17.7. The molecule has 0 bridgehead atoms. The zero-order valence-electron chi connectivity index (χ0n) is 22.1. The maximum atomic E-state index is 13.3. The number of para-hydroxylation sites is 1. The van der Waals surface area contributed by atoms with Crippen molar-refractivity contribution in [2.45, 2.75) is 71.7 Å². The van der Waals surface area contributed by atoms with Gasteiger partial charge < -0.3 is 19.1 Å². The van der Waals surface area contributed by atoms with Crippen LogP contribution in [0.4, 0.5) is 0 Å². The molecule has 0 N–H and O–H groups in total. The summed E-state index contributed by atoms with van der Waals surface area (Å²) in [6.45, 7) is 9.49. The Labute approximate surface area is 218 Å². The number of benzene rings is 2. The lowest BCUT2D eigenvalue weighted by molar-refractivity contribution is -0.157. The van der Waals surface area contributed by atoms with Crippen LogP contribution < -0.4 is 0 Å². The molecule has 2 aliphatic rings. The summed E-state index contributed by atoms with van der Waals surface area (Å²) in [6.07, 6.45) is 2.43. The van der Waals surface area contributed by atoms with Crippen LogP contribution in [0.2, 0.25) is 0 Å². The van der Waals surface area contributed by atoms with E-state index in [-0.39, 0.29) is 24.3 Å². The van der Waals surface area contributed by atoms with Gasteiger partial charge in [-0.25, -0.2) is 4.79 Å². The summed E-state index contributed by atoms with van der Waals surface area (Å²) in [5.74, 6) is -0.256. The number of amides is 2. The Morgan fingerprint density at radius 3 is 2.46 bits per heavy atom. The van der Waals surface area contributed by atoms with E-state index in [0.717, 1.165) is 40.6 Å². The molecule has 3 aromatic rings. The highest BCUT2D eigenvalue weighted by molar-refractivity contribution is 5.97. The summed E-state index contributed by atoms with van der Waals surface area (Å²) in [6, 6.07) is 15.3. The Bertz CT molecular complexity index is 1350. The summed E-state index contributed by atoms with van der Waals surface area (Å²) >= 11 is 0. The number of nitrogens with zero attached hydrogens (tertiary/aromatic N) is 3. The van der Waals surface area contributed by atoms with Crippen molar-refractivity contribution in [2.75, 3.05) is 13.1 Å². The molecule has 7 heteroatoms. The van der Waals surface area contributed by atoms with Crippen LogP contribution in [0.15, 0.2) is 48.5 Å². The summed E-state index contributed by atoms with van der Waals surface area (Å²) in [4.78, 5) is 42.4. The fraction of sp³-hybridized carbons (Fsp3) is 0.433. The Hall–Kier alpha value is -3.61. The Balaban J connectivity index is 1.45. The van der Waals surface area contributed by atoms with E-state index in [1.165, 1.54) is 0 Å². The fourth-order valence-corrected chi connectivity index (χ4v) is 5.42. The fourth-order valence-electron chi connectivity index (χ4n) is 5.42. The minimum absolute atomic E-state index is 0.0184. The maximum absolute atomic E-state index is 13.3. The second kappa shape index (κ2) is 9.69. The van der Waals surface area contributed by atoms with Crippen molar-refractivity contribution in [3.63, 3.8) is 0 Å². The van der Waals surface area contributed by atoms with Gasteiger partial charge in [-0.1, -0.05) is 43.7 Å². The van der Waals surface area contributed by atoms with Gasteiger partial charge in [0.2, 0.25) is 11.8 Å². The van der Waals surface area contributed by atoms with Crippen molar-refractivity contribution in [3.05, 3.63) is 70.9 Å². The van der Waals surface area contributed by atoms with Crippen molar-refractivity contribution in [3.8, 4) is 0 Å². The van der Waals surface area contributed by atoms with Crippen LogP contribution in [0.1, 0.15) is 67.7 Å². The molecule has 1 aromatic heterocycles. The molecule has 5 rings (SSSR count). The molecule has 2 amide bonds. The molecule has 2 aromatic carbocycles. The number of aromatic nitrogens is 1. The third-order valence-corrected chi connectivity index (χ3v) is 7.24. The van der Waals surface area contributed by atoms with Gasteiger partial charge in [-0.2, -0.15) is 0 Å². The molecule has 1 fully saturated rings. The minimum Gasteiger partial charge on any atom is -0.456 e. The molecule has 1 saturated heterocycles. The molecule has 7 nitrogen and oxygen atoms in total. The number of esters is 1. The molecule has 1 atom stereocenters. The van der Waals surface area contributed by atoms with Crippen molar-refractivity contribution in [1.29, 1.82) is 0 Å². The number of rotatable bonds is 6. The SMILES string of the molecule is CCCCN1CC(=O)N2Cc3c(c4ccccc4n3Cc3ccc(C(=O)OC(C)(C)C)cc3)CC2C1=O. The minimum atomic E-state index is -0.545. The molecule has 37 heavy (non-hydrogen) atoms. The number of carbonyl (C=O) groups excluding carboxylic acids is 3. The molecule has 0 spiro atoms. The van der Waals surface area contributed by atoms with Gasteiger partial charge in [-0.3, -0.25) is 9.59 Å². The standard InChI is InChI=1S/C30H35N3O4/c1-5-6-15-31-19-27(34)33-18-26-23(16-25(33)28(31)35)22-9-7-8-10-24(22)32(26)17-20-11-13-21(14-12-20)29(36)37-30(2,3)4/h7-14,25H,5-6,15-19H2,1-4H3. The van der Waals surface area contributed by atoms with E-state index >= 15 is 0 Å². The maximum Gasteiger partial charge on any atom is 0.338 e. The van der Waals surface area contributed by atoms with Gasteiger partial charge in [0.15, 0.2) is 0 Å². The van der Waals surface area contributed by atoms with Crippen LogP contribution in [0.25, 0.3) is 10.9 Å². The van der Waals surface area contributed by atoms with Crippen LogP contribution in [0.3, 0.4) is 0 Å². The lowest BCUT2D eigenvalue weighted by Crippen LogP contribution is -2.61. The van der Waals surface area contributed by atoms with Gasteiger partial charge in [0.25, 0.3) is 0 Å². The van der Waals surface area contributed by atoms with Crippen LogP contribution in [0.5, 0.6) is 0 Å². The van der Waals surface area contributed by atoms with E-state index in [0.29, 0.717) is 31.6 Å². The van der Waals surface area contributed by atoms with E-state index in [4.69, 9.17) is 4.74 Å². The highest BCUT2D eigenvalue weighted by Gasteiger charge is 2.43. The zero-order valence-corrected chi connectivity index (χ0v) is 22.1. The first-order chi connectivity index (χ1) is 17.7. The number of carbonyl (C=O) groups is 3. The van der Waals surface area contributed by atoms with Crippen LogP contribution in [0, 0.1) is 0 Å². The predicted octanol–water partition coefficient (Wildman–Crippen LogP) is 4.54. The van der Waals surface area contributed by atoms with Gasteiger partial charge in [-0.15, -0.1) is 0 Å². The lowest BCUT2D eigenvalue weighted by atomic mass is 9.93. The second-order valence-corrected chi connectivity index (χ2v) is 11.1. The highest BCUT2D eigenvalue weighted by Crippen LogP contribution is 2.35. The monoisotopic (exact) mass is 501 g/mol. The van der Waals surface area contributed by atoms with E-state index in [2.05, 4.69) is 23.6 Å². The quantitative estimate of drug-likeness (QED) is 0.465. The van der Waals surface area contributed by atoms with Crippen LogP contribution in [-0.4, -0.2) is 56.9 Å². The summed E-state index contributed by atoms with van der Waals surface area (Å²) < 4.78 is 7.74. The second-order valence-electron chi connectivity index (χ2n) is 11.1. The third-order valence-electron chi connectivity index (χ3n) is 7.24. The van der Waals surface area contributed by atoms with E-state index in [1.807, 2.05) is 45.0 Å². The molecule has 3 heterocycles. The summed E-state index contributed by atoms with van der Waals surface area (Å²) in [5.41, 5.74) is 4.34. The Morgan fingerprint density at radius 1 is 1.03 bits per heavy atom. The summed E-state index contributed by atoms with van der Waals surface area (Å²) in [7, 11) is 0. The van der Waals surface area contributed by atoms with Gasteiger partial charge >= 0.3 is 5.97 Å². The van der Waals surface area contributed by atoms with E-state index in [1.54, 1.807) is 21.9 Å². The number of unbranched alkanes of at least 4 members (excludes halogenated alkanes) is 1. The zero-order chi connectivity index (χ0) is 26.3. The molecule has 0 saturated carbocycles. The van der Waals surface area contributed by atoms with E-state index < -0.39 is 11.6 Å². The third kappa shape index (κ3) is 4.87. The van der Waals surface area contributed by atoms with Crippen molar-refractivity contribution >= 4 is 28.7 Å². The molecule has 194 valence electrons. The smallest absolute Gasteiger partial charge is 0.338 e. The topological polar surface area (TPSA) is 71.8 Å². The number of fused-ring (bicyclic) bond motifs is 4. The van der Waals surface area contributed by atoms with Gasteiger partial charge in [0.1, 0.15) is 11.6 Å².